The smallest absolute Gasteiger partial charge is 0.157 e. The molecule has 0 fully saturated rings. The maximum atomic E-state index is 12.3. The lowest BCUT2D eigenvalue weighted by molar-refractivity contribution is -0.123. The minimum atomic E-state index is -0.637. The van der Waals surface area contributed by atoms with Crippen molar-refractivity contribution in [2.24, 2.45) is 11.8 Å². The van der Waals surface area contributed by atoms with Crippen molar-refractivity contribution in [3.63, 3.8) is 0 Å². The lowest BCUT2D eigenvalue weighted by Gasteiger charge is -2.18. The van der Waals surface area contributed by atoms with Crippen LogP contribution in [0, 0.1) is 37.0 Å². The van der Waals surface area contributed by atoms with Crippen LogP contribution in [0.1, 0.15) is 43.4 Å². The highest BCUT2D eigenvalue weighted by atomic mass is 16.1. The quantitative estimate of drug-likeness (QED) is 0.807. The van der Waals surface area contributed by atoms with Gasteiger partial charge in [0.05, 0.1) is 6.07 Å². The number of Topliss-reactive ketones (excluding diaryl/α,β-unsaturated/α-hetero) is 1. The number of rotatable bonds is 4. The molecule has 1 aromatic rings. The van der Waals surface area contributed by atoms with Crippen molar-refractivity contribution in [3.05, 3.63) is 34.9 Å². The fourth-order valence-electron chi connectivity index (χ4n) is 1.84. The molecule has 2 atom stereocenters. The Balaban J connectivity index is 3.07. The van der Waals surface area contributed by atoms with E-state index in [0.717, 1.165) is 11.1 Å². The zero-order valence-electron chi connectivity index (χ0n) is 11.8. The van der Waals surface area contributed by atoms with E-state index in [0.29, 0.717) is 0 Å². The van der Waals surface area contributed by atoms with Gasteiger partial charge in [0.15, 0.2) is 5.78 Å². The zero-order valence-corrected chi connectivity index (χ0v) is 11.8. The fourth-order valence-corrected chi connectivity index (χ4v) is 1.84. The van der Waals surface area contributed by atoms with E-state index in [1.54, 1.807) is 0 Å². The van der Waals surface area contributed by atoms with Gasteiger partial charge in [-0.2, -0.15) is 5.26 Å². The van der Waals surface area contributed by atoms with Crippen LogP contribution in [0.4, 0.5) is 0 Å². The Hall–Kier alpha value is -1.62. The van der Waals surface area contributed by atoms with Gasteiger partial charge >= 0.3 is 0 Å². The predicted molar refractivity (Wildman–Crippen MR) is 73.3 cm³/mol. The van der Waals surface area contributed by atoms with Crippen LogP contribution in [0.25, 0.3) is 0 Å². The number of ketones is 1. The summed E-state index contributed by atoms with van der Waals surface area (Å²) >= 11 is 0. The van der Waals surface area contributed by atoms with Crippen LogP contribution < -0.4 is 0 Å². The SMILES string of the molecule is Cc1ccc(C(C#N)C(=O)C(C)C(C)C)cc1C. The molecule has 0 aliphatic rings. The van der Waals surface area contributed by atoms with E-state index in [1.165, 1.54) is 5.56 Å². The van der Waals surface area contributed by atoms with Gasteiger partial charge in [0.2, 0.25) is 0 Å². The summed E-state index contributed by atoms with van der Waals surface area (Å²) in [5, 5.41) is 9.27. The number of nitrogens with zero attached hydrogens (tertiary/aromatic N) is 1. The van der Waals surface area contributed by atoms with Crippen LogP contribution in [-0.4, -0.2) is 5.78 Å². The molecule has 0 aliphatic carbocycles. The number of hydrogen-bond donors (Lipinski definition) is 0. The first-order chi connectivity index (χ1) is 8.38. The molecular weight excluding hydrogens is 222 g/mol. The van der Waals surface area contributed by atoms with Gasteiger partial charge in [-0.05, 0) is 36.5 Å². The number of carbonyl (C=O) groups is 1. The van der Waals surface area contributed by atoms with Crippen LogP contribution in [0.5, 0.6) is 0 Å². The van der Waals surface area contributed by atoms with Crippen LogP contribution in [0.2, 0.25) is 0 Å². The average molecular weight is 243 g/mol. The molecule has 0 radical (unpaired) electrons. The van der Waals surface area contributed by atoms with Crippen molar-refractivity contribution < 1.29 is 4.79 Å². The van der Waals surface area contributed by atoms with E-state index in [9.17, 15) is 10.1 Å². The molecule has 1 rings (SSSR count). The first-order valence-electron chi connectivity index (χ1n) is 6.39. The van der Waals surface area contributed by atoms with Crippen LogP contribution in [0.15, 0.2) is 18.2 Å². The molecule has 2 heteroatoms. The molecule has 0 saturated heterocycles. The van der Waals surface area contributed by atoms with Crippen molar-refractivity contribution in [2.75, 3.05) is 0 Å². The van der Waals surface area contributed by atoms with Gasteiger partial charge in [0, 0.05) is 5.92 Å². The molecule has 0 aromatic heterocycles. The van der Waals surface area contributed by atoms with Crippen molar-refractivity contribution >= 4 is 5.78 Å². The molecule has 0 spiro atoms. The summed E-state index contributed by atoms with van der Waals surface area (Å²) < 4.78 is 0. The zero-order chi connectivity index (χ0) is 13.9. The molecule has 0 saturated carbocycles. The van der Waals surface area contributed by atoms with E-state index < -0.39 is 5.92 Å². The molecule has 0 heterocycles. The Morgan fingerprint density at radius 2 is 1.78 bits per heavy atom. The summed E-state index contributed by atoms with van der Waals surface area (Å²) in [6.45, 7) is 9.95. The Morgan fingerprint density at radius 1 is 1.17 bits per heavy atom. The second-order valence-corrected chi connectivity index (χ2v) is 5.34. The standard InChI is InChI=1S/C16H21NO/c1-10(2)13(5)16(18)15(9-17)14-7-6-11(3)12(4)8-14/h6-8,10,13,15H,1-5H3. The summed E-state index contributed by atoms with van der Waals surface area (Å²) in [5.41, 5.74) is 3.12. The van der Waals surface area contributed by atoms with E-state index in [-0.39, 0.29) is 17.6 Å². The Kier molecular flexibility index (Phi) is 4.67. The van der Waals surface area contributed by atoms with Gasteiger partial charge in [-0.25, -0.2) is 0 Å². The van der Waals surface area contributed by atoms with Crippen molar-refractivity contribution in [1.82, 2.24) is 0 Å². The van der Waals surface area contributed by atoms with Crippen molar-refractivity contribution in [1.29, 1.82) is 5.26 Å². The first-order valence-corrected chi connectivity index (χ1v) is 6.39. The van der Waals surface area contributed by atoms with Gasteiger partial charge in [0.25, 0.3) is 0 Å². The second-order valence-electron chi connectivity index (χ2n) is 5.34. The van der Waals surface area contributed by atoms with E-state index >= 15 is 0 Å². The minimum absolute atomic E-state index is 0.0238. The third-order valence-corrected chi connectivity index (χ3v) is 3.73. The predicted octanol–water partition coefficient (Wildman–Crippen LogP) is 3.77. The highest BCUT2D eigenvalue weighted by Gasteiger charge is 2.27. The molecule has 0 bridgehead atoms. The van der Waals surface area contributed by atoms with Gasteiger partial charge < -0.3 is 0 Å². The molecule has 0 aliphatic heterocycles. The van der Waals surface area contributed by atoms with E-state index in [1.807, 2.05) is 52.8 Å². The molecular formula is C16H21NO. The third kappa shape index (κ3) is 2.98. The third-order valence-electron chi connectivity index (χ3n) is 3.73. The minimum Gasteiger partial charge on any atom is -0.298 e. The Bertz CT molecular complexity index is 482. The largest absolute Gasteiger partial charge is 0.298 e. The molecule has 18 heavy (non-hydrogen) atoms. The summed E-state index contributed by atoms with van der Waals surface area (Å²) in [5.74, 6) is -0.436. The highest BCUT2D eigenvalue weighted by Crippen LogP contribution is 2.25. The van der Waals surface area contributed by atoms with Crippen LogP contribution >= 0.6 is 0 Å². The van der Waals surface area contributed by atoms with Crippen LogP contribution in [0.3, 0.4) is 0 Å². The van der Waals surface area contributed by atoms with Crippen molar-refractivity contribution in [2.45, 2.75) is 40.5 Å². The number of benzene rings is 1. The Labute approximate surface area is 110 Å². The topological polar surface area (TPSA) is 40.9 Å². The lowest BCUT2D eigenvalue weighted by atomic mass is 9.83. The van der Waals surface area contributed by atoms with Crippen molar-refractivity contribution in [3.8, 4) is 6.07 Å². The van der Waals surface area contributed by atoms with Gasteiger partial charge in [0.1, 0.15) is 5.92 Å². The molecule has 96 valence electrons. The normalized spacial score (nSPS) is 14.1. The molecule has 1 aromatic carbocycles. The summed E-state index contributed by atoms with van der Waals surface area (Å²) in [6, 6.07) is 7.97. The summed E-state index contributed by atoms with van der Waals surface area (Å²) in [4.78, 5) is 12.3. The molecule has 0 N–H and O–H groups in total. The highest BCUT2D eigenvalue weighted by molar-refractivity contribution is 5.90. The van der Waals surface area contributed by atoms with Gasteiger partial charge in [-0.1, -0.05) is 39.0 Å². The number of carbonyl (C=O) groups excluding carboxylic acids is 1. The maximum absolute atomic E-state index is 12.3. The number of nitriles is 1. The van der Waals surface area contributed by atoms with E-state index in [4.69, 9.17) is 0 Å². The first kappa shape index (κ1) is 14.4. The summed E-state index contributed by atoms with van der Waals surface area (Å²) in [7, 11) is 0. The van der Waals surface area contributed by atoms with E-state index in [2.05, 4.69) is 6.07 Å². The monoisotopic (exact) mass is 243 g/mol. The Morgan fingerprint density at radius 3 is 2.22 bits per heavy atom. The van der Waals surface area contributed by atoms with Gasteiger partial charge in [-0.3, -0.25) is 4.79 Å². The fraction of sp³-hybridized carbons (Fsp3) is 0.500. The number of hydrogen-bond acceptors (Lipinski definition) is 2. The van der Waals surface area contributed by atoms with Crippen LogP contribution in [-0.2, 0) is 4.79 Å². The average Bonchev–Trinajstić information content (AvgIpc) is 2.33. The second kappa shape index (κ2) is 5.82. The maximum Gasteiger partial charge on any atom is 0.157 e. The molecule has 2 unspecified atom stereocenters. The molecule has 0 amide bonds. The summed E-state index contributed by atoms with van der Waals surface area (Å²) in [6.07, 6.45) is 0. The number of aryl methyl sites for hydroxylation is 2. The lowest BCUT2D eigenvalue weighted by Crippen LogP contribution is -2.23. The molecule has 2 nitrogen and oxygen atoms in total. The van der Waals surface area contributed by atoms with Gasteiger partial charge in [-0.15, -0.1) is 0 Å².